The fourth-order valence-corrected chi connectivity index (χ4v) is 17.8. The second kappa shape index (κ2) is 19.4. The number of rotatable bonds is 6. The summed E-state index contributed by atoms with van der Waals surface area (Å²) in [5, 5.41) is 27.8. The third-order valence-electron chi connectivity index (χ3n) is 22.7. The standard InChI is InChI=1S/2C27H41FN2O5.ClH/c2*1-15-5-8-27-9-6-19(31)21(27)26(15,4)20(11-25(3,14-28)22(32)16(27)2)35-24(34)29-23(33)18-13-30-10-7-17(18)12-30;/h2*15-18,20-22,32H,5-14H2,1-4H3,(H,29,33,34);1H/t2*15-,16+,17-,18+,20-,21?,22+,25+,26+,27?;/m11./s1. The number of Topliss-reactive ketones (excluding diaryl/α,β-unsaturated/α-hetero) is 2. The van der Waals surface area contributed by atoms with Crippen molar-refractivity contribution in [1.29, 1.82) is 0 Å². The van der Waals surface area contributed by atoms with Crippen molar-refractivity contribution in [2.75, 3.05) is 52.6 Å². The smallest absolute Gasteiger partial charge is 0.414 e. The van der Waals surface area contributed by atoms with Gasteiger partial charge in [-0.15, -0.1) is 12.4 Å². The Morgan fingerprint density at radius 2 is 0.972 bits per heavy atom. The lowest BCUT2D eigenvalue weighted by Crippen LogP contribution is -2.64. The number of ether oxygens (including phenoxy) is 2. The Bertz CT molecular complexity index is 1980. The average molecular weight is 1020 g/mol. The first-order chi connectivity index (χ1) is 32.9. The maximum absolute atomic E-state index is 14.6. The van der Waals surface area contributed by atoms with Gasteiger partial charge in [0.2, 0.25) is 11.8 Å². The number of amides is 4. The van der Waals surface area contributed by atoms with E-state index in [1.807, 2.05) is 27.7 Å². The second-order valence-electron chi connectivity index (χ2n) is 25.9. The summed E-state index contributed by atoms with van der Waals surface area (Å²) in [6.07, 6.45) is 2.53. The number of imide groups is 2. The molecule has 10 aliphatic rings. The van der Waals surface area contributed by atoms with Crippen LogP contribution in [0.4, 0.5) is 18.4 Å². The molecule has 10 fully saturated rings. The third-order valence-corrected chi connectivity index (χ3v) is 22.7. The van der Waals surface area contributed by atoms with Gasteiger partial charge in [0.25, 0.3) is 0 Å². The summed E-state index contributed by atoms with van der Waals surface area (Å²) in [7, 11) is 0. The molecule has 6 saturated carbocycles. The SMILES string of the molecule is C[C@@H]1CCC23CCC(=O)C2[C@]1(C)[C@H](OC(=O)NC(=O)[C@H]1CN2CC[C@@H]1C2)C[C@@](C)(CF)[C@@H](O)[C@@H]3C.C[C@@H]1CCC23CCC(=O)C2[C@]1(C)[C@H](OC(=O)NC(=O)[C@H]1CN2CC[C@@H]1C2)C[C@@](C)(CF)[C@@H](O)[C@@H]3C.Cl. The van der Waals surface area contributed by atoms with Crippen LogP contribution in [0, 0.1) is 91.7 Å². The van der Waals surface area contributed by atoms with Crippen molar-refractivity contribution in [3.63, 3.8) is 0 Å². The minimum absolute atomic E-state index is 0. The third kappa shape index (κ3) is 8.51. The quantitative estimate of drug-likeness (QED) is 0.212. The van der Waals surface area contributed by atoms with Gasteiger partial charge in [0.05, 0.1) is 37.4 Å². The van der Waals surface area contributed by atoms with E-state index >= 15 is 0 Å². The van der Waals surface area contributed by atoms with Gasteiger partial charge < -0.3 is 29.5 Å². The molecule has 4 saturated heterocycles. The van der Waals surface area contributed by atoms with E-state index in [2.05, 4.69) is 34.3 Å². The topological polar surface area (TPSA) is 192 Å². The van der Waals surface area contributed by atoms with Gasteiger partial charge in [-0.3, -0.25) is 38.6 Å². The first-order valence-corrected chi connectivity index (χ1v) is 26.9. The molecule has 22 atom stereocenters. The molecule has 4 heterocycles. The number of halogens is 3. The Morgan fingerprint density at radius 3 is 1.28 bits per heavy atom. The maximum atomic E-state index is 14.6. The Hall–Kier alpha value is -2.79. The van der Waals surface area contributed by atoms with E-state index in [4.69, 9.17) is 9.47 Å². The number of alkyl carbamates (subject to hydrolysis) is 2. The normalized spacial score (nSPS) is 50.1. The van der Waals surface area contributed by atoms with Crippen LogP contribution in [-0.2, 0) is 28.7 Å². The van der Waals surface area contributed by atoms with Crippen molar-refractivity contribution in [2.45, 2.75) is 157 Å². The molecule has 0 radical (unpaired) electrons. The molecule has 4 aliphatic heterocycles. The number of nitrogens with one attached hydrogen (secondary N) is 2. The number of nitrogens with zero attached hydrogens (tertiary/aromatic N) is 2. The van der Waals surface area contributed by atoms with Crippen LogP contribution >= 0.6 is 12.4 Å². The number of carbonyl (C=O) groups is 6. The fourth-order valence-electron chi connectivity index (χ4n) is 17.8. The molecule has 8 bridgehead atoms. The zero-order valence-corrected chi connectivity index (χ0v) is 44.3. The number of ketones is 2. The number of piperidine rings is 2. The monoisotopic (exact) mass is 1020 g/mol. The fraction of sp³-hybridized carbons (Fsp3) is 0.889. The molecule has 4 N–H and O–H groups in total. The molecule has 14 nitrogen and oxygen atoms in total. The zero-order chi connectivity index (χ0) is 50.7. The highest BCUT2D eigenvalue weighted by molar-refractivity contribution is 5.94. The van der Waals surface area contributed by atoms with E-state index in [0.29, 0.717) is 38.8 Å². The number of aliphatic hydroxyl groups excluding tert-OH is 2. The summed E-state index contributed by atoms with van der Waals surface area (Å²) < 4.78 is 41.2. The lowest BCUT2D eigenvalue weighted by molar-refractivity contribution is -0.200. The van der Waals surface area contributed by atoms with Gasteiger partial charge in [-0.05, 0) is 124 Å². The van der Waals surface area contributed by atoms with Crippen LogP contribution in [0.2, 0.25) is 0 Å². The molecule has 400 valence electrons. The molecule has 4 amide bonds. The van der Waals surface area contributed by atoms with E-state index in [0.717, 1.165) is 64.7 Å². The van der Waals surface area contributed by atoms with Crippen molar-refractivity contribution >= 4 is 48.0 Å². The Kier molecular flexibility index (Phi) is 14.9. The van der Waals surface area contributed by atoms with Gasteiger partial charge in [-0.2, -0.15) is 0 Å². The van der Waals surface area contributed by atoms with Gasteiger partial charge in [0.15, 0.2) is 0 Å². The minimum atomic E-state index is -1.12. The van der Waals surface area contributed by atoms with Crippen molar-refractivity contribution in [3.05, 3.63) is 0 Å². The highest BCUT2D eigenvalue weighted by Crippen LogP contribution is 2.69. The van der Waals surface area contributed by atoms with E-state index in [-0.39, 0.29) is 108 Å². The molecule has 0 aromatic rings. The van der Waals surface area contributed by atoms with Crippen molar-refractivity contribution < 1.29 is 57.2 Å². The molecule has 6 unspecified atom stereocenters. The molecule has 10 rings (SSSR count). The Balaban J connectivity index is 0.000000188. The highest BCUT2D eigenvalue weighted by atomic mass is 35.5. The first kappa shape index (κ1) is 54.5. The summed E-state index contributed by atoms with van der Waals surface area (Å²) in [5.74, 6) is -1.29. The highest BCUT2D eigenvalue weighted by Gasteiger charge is 2.70. The predicted octanol–water partition coefficient (Wildman–Crippen LogP) is 7.10. The van der Waals surface area contributed by atoms with Crippen molar-refractivity contribution in [2.24, 2.45) is 91.7 Å². The number of aliphatic hydroxyl groups is 2. The van der Waals surface area contributed by atoms with Crippen molar-refractivity contribution in [1.82, 2.24) is 20.4 Å². The lowest BCUT2D eigenvalue weighted by Gasteiger charge is -2.61. The molecule has 17 heteroatoms. The summed E-state index contributed by atoms with van der Waals surface area (Å²) in [6, 6.07) is 0. The van der Waals surface area contributed by atoms with Gasteiger partial charge in [-0.25, -0.2) is 9.59 Å². The van der Waals surface area contributed by atoms with Gasteiger partial charge in [0, 0.05) is 72.5 Å². The molecule has 0 aromatic heterocycles. The number of fused-ring (bicyclic) bond motifs is 4. The largest absolute Gasteiger partial charge is 0.445 e. The van der Waals surface area contributed by atoms with Crippen LogP contribution in [0.3, 0.4) is 0 Å². The van der Waals surface area contributed by atoms with Crippen LogP contribution in [-0.4, -0.2) is 133 Å². The molecular weight excluding hydrogens is 938 g/mol. The van der Waals surface area contributed by atoms with E-state index in [1.165, 1.54) is 0 Å². The van der Waals surface area contributed by atoms with Gasteiger partial charge >= 0.3 is 12.2 Å². The minimum Gasteiger partial charge on any atom is -0.445 e. The summed E-state index contributed by atoms with van der Waals surface area (Å²) in [4.78, 5) is 83.3. The van der Waals surface area contributed by atoms with Crippen LogP contribution in [0.1, 0.15) is 132 Å². The van der Waals surface area contributed by atoms with Crippen LogP contribution < -0.4 is 10.6 Å². The molecule has 0 spiro atoms. The number of carbonyl (C=O) groups excluding carboxylic acids is 6. The second-order valence-corrected chi connectivity index (χ2v) is 25.9. The van der Waals surface area contributed by atoms with Crippen LogP contribution in [0.5, 0.6) is 0 Å². The van der Waals surface area contributed by atoms with Crippen LogP contribution in [0.15, 0.2) is 0 Å². The molecule has 0 aromatic carbocycles. The average Bonchev–Trinajstić information content (AvgIpc) is 4.22. The first-order valence-electron chi connectivity index (χ1n) is 26.9. The summed E-state index contributed by atoms with van der Waals surface area (Å²) in [5.41, 5.74) is -4.49. The van der Waals surface area contributed by atoms with E-state index < -0.39 is 82.4 Å². The molecule has 71 heavy (non-hydrogen) atoms. The number of hydrogen-bond acceptors (Lipinski definition) is 12. The zero-order valence-electron chi connectivity index (χ0n) is 43.4. The lowest BCUT2D eigenvalue weighted by atomic mass is 9.44. The van der Waals surface area contributed by atoms with E-state index in [9.17, 15) is 47.8 Å². The maximum Gasteiger partial charge on any atom is 0.414 e. The molecule has 6 aliphatic carbocycles. The predicted molar refractivity (Wildman–Crippen MR) is 261 cm³/mol. The number of hydrogen-bond donors (Lipinski definition) is 4. The summed E-state index contributed by atoms with van der Waals surface area (Å²) >= 11 is 0. The Labute approximate surface area is 425 Å². The van der Waals surface area contributed by atoms with Crippen LogP contribution in [0.25, 0.3) is 0 Å². The number of alkyl halides is 2. The Morgan fingerprint density at radius 1 is 0.606 bits per heavy atom. The van der Waals surface area contributed by atoms with Gasteiger partial charge in [-0.1, -0.05) is 55.4 Å². The molecular formula is C54H83ClF2N4O10. The van der Waals surface area contributed by atoms with Gasteiger partial charge in [0.1, 0.15) is 23.8 Å². The van der Waals surface area contributed by atoms with E-state index in [1.54, 1.807) is 13.8 Å². The van der Waals surface area contributed by atoms with Crippen molar-refractivity contribution in [3.8, 4) is 0 Å². The summed E-state index contributed by atoms with van der Waals surface area (Å²) in [6.45, 7) is 19.2.